The lowest BCUT2D eigenvalue weighted by Gasteiger charge is -2.35. The van der Waals surface area contributed by atoms with Gasteiger partial charge in [-0.3, -0.25) is 14.6 Å². The third-order valence-corrected chi connectivity index (χ3v) is 8.19. The van der Waals surface area contributed by atoms with Crippen molar-refractivity contribution in [3.63, 3.8) is 0 Å². The third kappa shape index (κ3) is 5.73. The summed E-state index contributed by atoms with van der Waals surface area (Å²) in [5, 5.41) is 13.9. The summed E-state index contributed by atoms with van der Waals surface area (Å²) in [6.45, 7) is 3.70. The second-order valence-corrected chi connectivity index (χ2v) is 11.7. The number of hydrogen-bond donors (Lipinski definition) is 1. The molecule has 11 heteroatoms. The zero-order chi connectivity index (χ0) is 28.3. The molecule has 0 radical (unpaired) electrons. The molecule has 10 nitrogen and oxygen atoms in total. The minimum Gasteiger partial charge on any atom is -0.403 e. The number of pyridine rings is 2. The number of aromatic nitrogens is 4. The topological polar surface area (TPSA) is 134 Å². The van der Waals surface area contributed by atoms with Gasteiger partial charge in [-0.05, 0) is 29.8 Å². The van der Waals surface area contributed by atoms with Gasteiger partial charge in [0.15, 0.2) is 9.84 Å². The maximum absolute atomic E-state index is 12.2. The van der Waals surface area contributed by atoms with Crippen molar-refractivity contribution >= 4 is 21.2 Å². The van der Waals surface area contributed by atoms with Crippen molar-refractivity contribution in [2.75, 3.05) is 37.3 Å². The SMILES string of the molecule is Cn1cc(-c2cnc(C(C#N)=CN)c(-c3ccc(N4CCN(Cc5ccccc5S(C)(=O)=O)CC4)nc3)c2)cn1. The maximum atomic E-state index is 12.2. The van der Waals surface area contributed by atoms with Gasteiger partial charge in [-0.2, -0.15) is 10.4 Å². The normalized spacial score (nSPS) is 14.7. The predicted molar refractivity (Wildman–Crippen MR) is 154 cm³/mol. The van der Waals surface area contributed by atoms with Gasteiger partial charge in [0.25, 0.3) is 0 Å². The first-order valence-electron chi connectivity index (χ1n) is 12.8. The fourth-order valence-electron chi connectivity index (χ4n) is 4.90. The number of nitrogens with zero attached hydrogens (tertiary/aromatic N) is 7. The van der Waals surface area contributed by atoms with Crippen molar-refractivity contribution in [3.8, 4) is 28.3 Å². The van der Waals surface area contributed by atoms with Crippen LogP contribution in [0.3, 0.4) is 0 Å². The maximum Gasteiger partial charge on any atom is 0.175 e. The van der Waals surface area contributed by atoms with Gasteiger partial charge in [0.1, 0.15) is 11.9 Å². The van der Waals surface area contributed by atoms with Crippen LogP contribution in [0, 0.1) is 11.3 Å². The van der Waals surface area contributed by atoms with E-state index in [1.807, 2.05) is 43.6 Å². The molecular formula is C29H30N8O2S. The Kier molecular flexibility index (Phi) is 7.64. The van der Waals surface area contributed by atoms with Crippen LogP contribution >= 0.6 is 0 Å². The molecule has 0 unspecified atom stereocenters. The zero-order valence-corrected chi connectivity index (χ0v) is 23.2. The van der Waals surface area contributed by atoms with E-state index in [4.69, 9.17) is 10.7 Å². The molecule has 3 aromatic heterocycles. The van der Waals surface area contributed by atoms with Crippen LogP contribution in [0.25, 0.3) is 27.8 Å². The van der Waals surface area contributed by atoms with Crippen LogP contribution in [-0.2, 0) is 23.4 Å². The first-order chi connectivity index (χ1) is 19.3. The molecule has 2 N–H and O–H groups in total. The Morgan fingerprint density at radius 3 is 2.40 bits per heavy atom. The molecule has 0 atom stereocenters. The molecule has 1 aliphatic rings. The quantitative estimate of drug-likeness (QED) is 0.342. The Morgan fingerprint density at radius 2 is 1.77 bits per heavy atom. The standard InChI is InChI=1S/C29H30N8O2S/c1-35-19-25(18-34-35)23-13-26(29(33-17-23)24(14-30)15-31)21-7-8-28(32-16-21)37-11-9-36(10-12-37)20-22-5-3-4-6-27(22)40(2,38)39/h3-8,13-14,16-19H,9-12,20,30H2,1-2H3. The number of sulfone groups is 1. The fraction of sp³-hybridized carbons (Fsp3) is 0.241. The van der Waals surface area contributed by atoms with E-state index in [-0.39, 0.29) is 5.57 Å². The molecule has 5 rings (SSSR count). The summed E-state index contributed by atoms with van der Waals surface area (Å²) in [6, 6.07) is 15.2. The number of piperazine rings is 1. The second kappa shape index (κ2) is 11.3. The second-order valence-electron chi connectivity index (χ2n) is 9.76. The van der Waals surface area contributed by atoms with Crippen molar-refractivity contribution in [2.24, 2.45) is 12.8 Å². The largest absolute Gasteiger partial charge is 0.403 e. The van der Waals surface area contributed by atoms with Crippen molar-refractivity contribution in [3.05, 3.63) is 84.7 Å². The molecule has 0 saturated carbocycles. The highest BCUT2D eigenvalue weighted by atomic mass is 32.2. The number of hydrogen-bond acceptors (Lipinski definition) is 9. The fourth-order valence-corrected chi connectivity index (χ4v) is 5.84. The molecule has 0 bridgehead atoms. The van der Waals surface area contributed by atoms with Crippen molar-refractivity contribution in [1.82, 2.24) is 24.6 Å². The van der Waals surface area contributed by atoms with Gasteiger partial charge in [-0.15, -0.1) is 0 Å². The number of benzene rings is 1. The van der Waals surface area contributed by atoms with Crippen LogP contribution in [0.2, 0.25) is 0 Å². The molecule has 0 aliphatic carbocycles. The first-order valence-corrected chi connectivity index (χ1v) is 14.7. The highest BCUT2D eigenvalue weighted by Crippen LogP contribution is 2.32. The van der Waals surface area contributed by atoms with E-state index < -0.39 is 9.84 Å². The Balaban J connectivity index is 1.33. The monoisotopic (exact) mass is 554 g/mol. The number of rotatable bonds is 7. The summed E-state index contributed by atoms with van der Waals surface area (Å²) in [6.07, 6.45) is 9.71. The third-order valence-electron chi connectivity index (χ3n) is 6.99. The minimum atomic E-state index is -3.28. The highest BCUT2D eigenvalue weighted by molar-refractivity contribution is 7.90. The summed E-state index contributed by atoms with van der Waals surface area (Å²) in [5.41, 5.74) is 10.7. The van der Waals surface area contributed by atoms with Crippen LogP contribution in [0.15, 0.2) is 78.3 Å². The molecule has 4 aromatic rings. The van der Waals surface area contributed by atoms with E-state index >= 15 is 0 Å². The van der Waals surface area contributed by atoms with Crippen molar-refractivity contribution < 1.29 is 8.42 Å². The van der Waals surface area contributed by atoms with Crippen molar-refractivity contribution in [1.29, 1.82) is 5.26 Å². The Bertz CT molecular complexity index is 1700. The van der Waals surface area contributed by atoms with Gasteiger partial charge in [0, 0.05) is 93.1 Å². The molecule has 1 fully saturated rings. The summed E-state index contributed by atoms with van der Waals surface area (Å²) < 4.78 is 26.1. The summed E-state index contributed by atoms with van der Waals surface area (Å²) in [4.78, 5) is 14.2. The summed E-state index contributed by atoms with van der Waals surface area (Å²) in [7, 11) is -1.42. The molecule has 204 valence electrons. The van der Waals surface area contributed by atoms with Crippen molar-refractivity contribution in [2.45, 2.75) is 11.4 Å². The lowest BCUT2D eigenvalue weighted by Crippen LogP contribution is -2.46. The molecule has 4 heterocycles. The lowest BCUT2D eigenvalue weighted by molar-refractivity contribution is 0.247. The van der Waals surface area contributed by atoms with E-state index in [9.17, 15) is 13.7 Å². The predicted octanol–water partition coefficient (Wildman–Crippen LogP) is 3.09. The summed E-state index contributed by atoms with van der Waals surface area (Å²) >= 11 is 0. The number of nitriles is 1. The van der Waals surface area contributed by atoms with Gasteiger partial charge in [0.2, 0.25) is 0 Å². The van der Waals surface area contributed by atoms with Crippen LogP contribution in [-0.4, -0.2) is 65.5 Å². The summed E-state index contributed by atoms with van der Waals surface area (Å²) in [5.74, 6) is 0.854. The number of allylic oxidation sites excluding steroid dienone is 1. The van der Waals surface area contributed by atoms with Gasteiger partial charge in [-0.1, -0.05) is 18.2 Å². The molecule has 1 aromatic carbocycles. The van der Waals surface area contributed by atoms with Crippen LogP contribution in [0.4, 0.5) is 5.82 Å². The smallest absolute Gasteiger partial charge is 0.175 e. The van der Waals surface area contributed by atoms with E-state index in [1.165, 1.54) is 12.5 Å². The van der Waals surface area contributed by atoms with Gasteiger partial charge in [0.05, 0.1) is 22.4 Å². The lowest BCUT2D eigenvalue weighted by atomic mass is 9.98. The molecular weight excluding hydrogens is 524 g/mol. The molecule has 0 spiro atoms. The molecule has 0 amide bonds. The van der Waals surface area contributed by atoms with E-state index in [0.717, 1.165) is 59.8 Å². The average molecular weight is 555 g/mol. The molecule has 1 saturated heterocycles. The van der Waals surface area contributed by atoms with Crippen LogP contribution in [0.1, 0.15) is 11.3 Å². The Morgan fingerprint density at radius 1 is 1.02 bits per heavy atom. The van der Waals surface area contributed by atoms with E-state index in [1.54, 1.807) is 35.4 Å². The van der Waals surface area contributed by atoms with E-state index in [2.05, 4.69) is 26.0 Å². The van der Waals surface area contributed by atoms with Gasteiger partial charge in [-0.25, -0.2) is 13.4 Å². The number of nitrogens with two attached hydrogens (primary N) is 1. The number of aryl methyl sites for hydroxylation is 1. The van der Waals surface area contributed by atoms with E-state index in [0.29, 0.717) is 17.1 Å². The number of anilines is 1. The van der Waals surface area contributed by atoms with Gasteiger partial charge >= 0.3 is 0 Å². The van der Waals surface area contributed by atoms with Gasteiger partial charge < -0.3 is 10.6 Å². The highest BCUT2D eigenvalue weighted by Gasteiger charge is 2.21. The van der Waals surface area contributed by atoms with Crippen LogP contribution < -0.4 is 10.6 Å². The first kappa shape index (κ1) is 27.1. The minimum absolute atomic E-state index is 0.283. The Labute approximate surface area is 233 Å². The Hall–Kier alpha value is -4.53. The molecule has 40 heavy (non-hydrogen) atoms. The average Bonchev–Trinajstić information content (AvgIpc) is 3.40. The zero-order valence-electron chi connectivity index (χ0n) is 22.4. The van der Waals surface area contributed by atoms with Crippen LogP contribution in [0.5, 0.6) is 0 Å². The molecule has 1 aliphatic heterocycles.